The highest BCUT2D eigenvalue weighted by atomic mass is 16.4. The molecular weight excluding hydrogens is 696 g/mol. The van der Waals surface area contributed by atoms with Gasteiger partial charge in [-0.05, 0) is 79.5 Å². The third-order valence-corrected chi connectivity index (χ3v) is 8.49. The molecule has 0 heterocycles. The van der Waals surface area contributed by atoms with Gasteiger partial charge in [0, 0.05) is 12.8 Å². The fraction of sp³-hybridized carbons (Fsp3) is 0.143. The van der Waals surface area contributed by atoms with Gasteiger partial charge in [-0.3, -0.25) is 19.2 Å². The summed E-state index contributed by atoms with van der Waals surface area (Å²) in [6, 6.07) is 31.4. The van der Waals surface area contributed by atoms with Crippen LogP contribution in [0.25, 0.3) is 32.3 Å². The van der Waals surface area contributed by atoms with Crippen molar-refractivity contribution in [2.24, 2.45) is 0 Å². The van der Waals surface area contributed by atoms with E-state index in [4.69, 9.17) is 30.6 Å². The molecular formula is C42H36O12. The fourth-order valence-electron chi connectivity index (χ4n) is 6.07. The van der Waals surface area contributed by atoms with Crippen molar-refractivity contribution in [2.75, 3.05) is 0 Å². The molecule has 0 radical (unpaired) electrons. The standard InChI is InChI=1S/C16H16O4.C14H12O4.C12H8O4/c17-15(18)9-7-11-5-6-12(8-10-16(19)20)14-4-2-1-3-13(11)14;15-13(16)7-9-5-6-10(8-14(17)18)12-4-2-1-3-11(9)12;13-11(14)9-5-6-10(12(15)16)8-4-2-1-3-7(8)9/h1-6H,7-10H2,(H,17,18)(H,19,20);1-6H,7-8H2,(H,15,16)(H,17,18);1-6H,(H,13,14)(H,15,16). The molecule has 276 valence electrons. The molecule has 0 aliphatic carbocycles. The van der Waals surface area contributed by atoms with Crippen LogP contribution in [-0.2, 0) is 44.9 Å². The molecule has 0 unspecified atom stereocenters. The first-order valence-corrected chi connectivity index (χ1v) is 16.6. The number of fused-ring (bicyclic) bond motifs is 3. The van der Waals surface area contributed by atoms with Crippen molar-refractivity contribution in [3.63, 3.8) is 0 Å². The van der Waals surface area contributed by atoms with Crippen LogP contribution in [0.2, 0.25) is 0 Å². The molecule has 0 aliphatic rings. The van der Waals surface area contributed by atoms with Crippen LogP contribution in [0.4, 0.5) is 0 Å². The van der Waals surface area contributed by atoms with E-state index in [1.54, 1.807) is 36.4 Å². The molecule has 0 fully saturated rings. The summed E-state index contributed by atoms with van der Waals surface area (Å²) in [6.07, 6.45) is 1.03. The Morgan fingerprint density at radius 1 is 0.333 bits per heavy atom. The minimum atomic E-state index is -1.06. The number of hydrogen-bond donors (Lipinski definition) is 6. The van der Waals surface area contributed by atoms with Gasteiger partial charge in [0.2, 0.25) is 0 Å². The molecule has 12 heteroatoms. The second-order valence-corrected chi connectivity index (χ2v) is 12.1. The van der Waals surface area contributed by atoms with Gasteiger partial charge >= 0.3 is 35.8 Å². The van der Waals surface area contributed by atoms with Gasteiger partial charge < -0.3 is 30.6 Å². The zero-order valence-corrected chi connectivity index (χ0v) is 28.8. The van der Waals surface area contributed by atoms with Crippen molar-refractivity contribution in [1.29, 1.82) is 0 Å². The summed E-state index contributed by atoms with van der Waals surface area (Å²) in [6.45, 7) is 0. The Hall–Kier alpha value is -7.08. The van der Waals surface area contributed by atoms with Crippen molar-refractivity contribution in [3.8, 4) is 0 Å². The van der Waals surface area contributed by atoms with Gasteiger partial charge in [-0.2, -0.15) is 0 Å². The maximum Gasteiger partial charge on any atom is 0.336 e. The Bertz CT molecular complexity index is 2210. The van der Waals surface area contributed by atoms with E-state index in [-0.39, 0.29) is 36.8 Å². The second-order valence-electron chi connectivity index (χ2n) is 12.1. The number of hydrogen-bond acceptors (Lipinski definition) is 6. The van der Waals surface area contributed by atoms with Gasteiger partial charge in [-0.25, -0.2) is 9.59 Å². The maximum absolute atomic E-state index is 10.9. The normalized spacial score (nSPS) is 10.4. The third-order valence-electron chi connectivity index (χ3n) is 8.49. The van der Waals surface area contributed by atoms with Gasteiger partial charge in [-0.1, -0.05) is 97.1 Å². The lowest BCUT2D eigenvalue weighted by molar-refractivity contribution is -0.138. The van der Waals surface area contributed by atoms with Crippen LogP contribution in [0.15, 0.2) is 109 Å². The lowest BCUT2D eigenvalue weighted by Crippen LogP contribution is -2.04. The summed E-state index contributed by atoms with van der Waals surface area (Å²) in [4.78, 5) is 64.8. The molecule has 6 aromatic carbocycles. The quantitative estimate of drug-likeness (QED) is 0.0735. The number of carboxylic acids is 6. The summed E-state index contributed by atoms with van der Waals surface area (Å²) in [7, 11) is 0. The summed E-state index contributed by atoms with van der Waals surface area (Å²) >= 11 is 0. The molecule has 6 N–H and O–H groups in total. The summed E-state index contributed by atoms with van der Waals surface area (Å²) < 4.78 is 0. The van der Waals surface area contributed by atoms with Gasteiger partial charge in [0.15, 0.2) is 0 Å². The molecule has 6 rings (SSSR count). The summed E-state index contributed by atoms with van der Waals surface area (Å²) in [5.74, 6) is -5.55. The van der Waals surface area contributed by atoms with Gasteiger partial charge in [0.1, 0.15) is 0 Å². The number of carbonyl (C=O) groups is 6. The number of aryl methyl sites for hydroxylation is 2. The molecule has 0 amide bonds. The van der Waals surface area contributed by atoms with E-state index in [2.05, 4.69) is 0 Å². The number of aromatic carboxylic acids is 2. The molecule has 0 saturated carbocycles. The Labute approximate surface area is 308 Å². The highest BCUT2D eigenvalue weighted by Gasteiger charge is 2.14. The van der Waals surface area contributed by atoms with Crippen molar-refractivity contribution < 1.29 is 59.4 Å². The van der Waals surface area contributed by atoms with E-state index in [1.165, 1.54) is 12.1 Å². The predicted octanol–water partition coefficient (Wildman–Crippen LogP) is 7.20. The van der Waals surface area contributed by atoms with Crippen molar-refractivity contribution in [2.45, 2.75) is 38.5 Å². The molecule has 0 bridgehead atoms. The maximum atomic E-state index is 10.9. The smallest absolute Gasteiger partial charge is 0.336 e. The molecule has 12 nitrogen and oxygen atoms in total. The van der Waals surface area contributed by atoms with Crippen LogP contribution in [0.1, 0.15) is 55.8 Å². The van der Waals surface area contributed by atoms with E-state index in [0.717, 1.165) is 32.7 Å². The molecule has 0 spiro atoms. The zero-order chi connectivity index (χ0) is 39.4. The number of benzene rings is 6. The van der Waals surface area contributed by atoms with Crippen molar-refractivity contribution in [1.82, 2.24) is 0 Å². The molecule has 0 saturated heterocycles. The Balaban J connectivity index is 0.000000182. The van der Waals surface area contributed by atoms with Crippen LogP contribution < -0.4 is 0 Å². The van der Waals surface area contributed by atoms with Crippen LogP contribution in [0.5, 0.6) is 0 Å². The highest BCUT2D eigenvalue weighted by molar-refractivity contribution is 6.11. The average Bonchev–Trinajstić information content (AvgIpc) is 3.13. The van der Waals surface area contributed by atoms with Gasteiger partial charge in [0.25, 0.3) is 0 Å². The zero-order valence-electron chi connectivity index (χ0n) is 28.8. The molecule has 0 aromatic heterocycles. The fourth-order valence-corrected chi connectivity index (χ4v) is 6.07. The van der Waals surface area contributed by atoms with E-state index in [1.807, 2.05) is 60.7 Å². The first kappa shape index (κ1) is 39.7. The SMILES string of the molecule is O=C(O)CCc1ccc(CCC(=O)O)c2ccccc12.O=C(O)Cc1ccc(CC(=O)O)c2ccccc12.O=C(O)c1ccc(C(=O)O)c2ccccc12. The molecule has 0 aliphatic heterocycles. The monoisotopic (exact) mass is 732 g/mol. The average molecular weight is 733 g/mol. The first-order chi connectivity index (χ1) is 25.8. The van der Waals surface area contributed by atoms with Gasteiger partial charge in [0.05, 0.1) is 24.0 Å². The Kier molecular flexibility index (Phi) is 13.5. The lowest BCUT2D eigenvalue weighted by Gasteiger charge is -2.10. The first-order valence-electron chi connectivity index (χ1n) is 16.6. The Morgan fingerprint density at radius 3 is 0.889 bits per heavy atom. The Morgan fingerprint density at radius 2 is 0.611 bits per heavy atom. The minimum Gasteiger partial charge on any atom is -0.481 e. The van der Waals surface area contributed by atoms with Crippen LogP contribution in [0, 0.1) is 0 Å². The lowest BCUT2D eigenvalue weighted by atomic mass is 9.95. The van der Waals surface area contributed by atoms with E-state index in [0.29, 0.717) is 34.7 Å². The number of aliphatic carboxylic acids is 4. The van der Waals surface area contributed by atoms with E-state index < -0.39 is 35.8 Å². The van der Waals surface area contributed by atoms with Gasteiger partial charge in [-0.15, -0.1) is 0 Å². The van der Waals surface area contributed by atoms with Crippen LogP contribution in [-0.4, -0.2) is 66.5 Å². The van der Waals surface area contributed by atoms with Crippen molar-refractivity contribution in [3.05, 3.63) is 143 Å². The largest absolute Gasteiger partial charge is 0.481 e. The summed E-state index contributed by atoms with van der Waals surface area (Å²) in [5, 5.41) is 57.7. The second kappa shape index (κ2) is 18.4. The van der Waals surface area contributed by atoms with Crippen LogP contribution in [0.3, 0.4) is 0 Å². The highest BCUT2D eigenvalue weighted by Crippen LogP contribution is 2.26. The van der Waals surface area contributed by atoms with E-state index in [9.17, 15) is 28.8 Å². The molecule has 0 atom stereocenters. The number of rotatable bonds is 12. The topological polar surface area (TPSA) is 224 Å². The predicted molar refractivity (Wildman–Crippen MR) is 200 cm³/mol. The number of carboxylic acid groups (broad SMARTS) is 6. The van der Waals surface area contributed by atoms with Crippen molar-refractivity contribution >= 4 is 68.1 Å². The molecule has 54 heavy (non-hydrogen) atoms. The van der Waals surface area contributed by atoms with E-state index >= 15 is 0 Å². The van der Waals surface area contributed by atoms with Crippen LogP contribution >= 0.6 is 0 Å². The summed E-state index contributed by atoms with van der Waals surface area (Å²) in [5.41, 5.74) is 3.60. The third kappa shape index (κ3) is 10.5. The minimum absolute atomic E-state index is 0.0616. The molecule has 6 aromatic rings.